The van der Waals surface area contributed by atoms with Crippen LogP contribution in [0.1, 0.15) is 104 Å². The molecule has 1 amide bonds. The molecule has 0 rings (SSSR count). The zero-order valence-corrected chi connectivity index (χ0v) is 16.4. The Kier molecular flexibility index (Phi) is 16.6. The second kappa shape index (κ2) is 17.5. The third-order valence-electron chi connectivity index (χ3n) is 4.41. The Morgan fingerprint density at radius 1 is 0.840 bits per heavy atom. The molecule has 0 aliphatic heterocycles. The Balaban J connectivity index is 3.29. The number of carbonyl (C=O) groups excluding carboxylic acids is 1. The maximum atomic E-state index is 11.5. The lowest BCUT2D eigenvalue weighted by Gasteiger charge is -2.08. The molecule has 0 unspecified atom stereocenters. The van der Waals surface area contributed by atoms with Gasteiger partial charge < -0.3 is 10.4 Å². The third kappa shape index (κ3) is 17.3. The number of allylic oxidation sites excluding steroid dienone is 2. The molecule has 0 heterocycles. The molecule has 0 radical (unpaired) electrons. The molecule has 1 atom stereocenters. The van der Waals surface area contributed by atoms with Gasteiger partial charge in [0.05, 0.1) is 0 Å². The summed E-state index contributed by atoms with van der Waals surface area (Å²) in [6.07, 6.45) is 21.0. The number of nitrogens with one attached hydrogen (secondary N) is 1. The molecular formula is C21H39NO3. The number of rotatable bonds is 17. The van der Waals surface area contributed by atoms with E-state index in [1.165, 1.54) is 64.7 Å². The van der Waals surface area contributed by atoms with Crippen molar-refractivity contribution in [3.63, 3.8) is 0 Å². The van der Waals surface area contributed by atoms with Crippen molar-refractivity contribution in [2.45, 2.75) is 110 Å². The van der Waals surface area contributed by atoms with Gasteiger partial charge in [0.1, 0.15) is 6.04 Å². The van der Waals surface area contributed by atoms with Crippen LogP contribution in [0.15, 0.2) is 12.2 Å². The number of aliphatic carboxylic acids is 1. The summed E-state index contributed by atoms with van der Waals surface area (Å²) >= 11 is 0. The summed E-state index contributed by atoms with van der Waals surface area (Å²) in [7, 11) is 0. The minimum absolute atomic E-state index is 0.160. The normalized spacial score (nSPS) is 12.4. The Morgan fingerprint density at radius 2 is 1.32 bits per heavy atom. The molecule has 2 N–H and O–H groups in total. The lowest BCUT2D eigenvalue weighted by atomic mass is 10.1. The molecule has 0 aromatic carbocycles. The van der Waals surface area contributed by atoms with Crippen LogP contribution >= 0.6 is 0 Å². The van der Waals surface area contributed by atoms with Gasteiger partial charge in [-0.15, -0.1) is 0 Å². The largest absolute Gasteiger partial charge is 0.480 e. The molecule has 146 valence electrons. The number of hydrogen-bond donors (Lipinski definition) is 2. The Bertz CT molecular complexity index is 366. The van der Waals surface area contributed by atoms with Crippen molar-refractivity contribution in [2.24, 2.45) is 0 Å². The molecule has 25 heavy (non-hydrogen) atoms. The highest BCUT2D eigenvalue weighted by Gasteiger charge is 2.12. The first kappa shape index (κ1) is 23.7. The van der Waals surface area contributed by atoms with Gasteiger partial charge >= 0.3 is 5.97 Å². The molecule has 0 aromatic heterocycles. The van der Waals surface area contributed by atoms with E-state index in [9.17, 15) is 9.59 Å². The Morgan fingerprint density at radius 3 is 1.84 bits per heavy atom. The van der Waals surface area contributed by atoms with Crippen molar-refractivity contribution in [3.8, 4) is 0 Å². The minimum atomic E-state index is -0.988. The highest BCUT2D eigenvalue weighted by Crippen LogP contribution is 2.10. The first-order valence-electron chi connectivity index (χ1n) is 10.2. The summed E-state index contributed by atoms with van der Waals surface area (Å²) in [6, 6.07) is -0.796. The molecule has 4 nitrogen and oxygen atoms in total. The maximum absolute atomic E-state index is 11.5. The first-order chi connectivity index (χ1) is 12.1. The average Bonchev–Trinajstić information content (AvgIpc) is 2.58. The van der Waals surface area contributed by atoms with Crippen molar-refractivity contribution in [3.05, 3.63) is 12.2 Å². The fraction of sp³-hybridized carbons (Fsp3) is 0.810. The fourth-order valence-corrected chi connectivity index (χ4v) is 2.73. The molecular weight excluding hydrogens is 314 g/mol. The van der Waals surface area contributed by atoms with Gasteiger partial charge in [0.25, 0.3) is 0 Å². The van der Waals surface area contributed by atoms with Crippen LogP contribution in [0.4, 0.5) is 0 Å². The maximum Gasteiger partial charge on any atom is 0.325 e. The van der Waals surface area contributed by atoms with Crippen LogP contribution in [0, 0.1) is 0 Å². The summed E-state index contributed by atoms with van der Waals surface area (Å²) < 4.78 is 0. The zero-order chi connectivity index (χ0) is 18.8. The van der Waals surface area contributed by atoms with E-state index >= 15 is 0 Å². The van der Waals surface area contributed by atoms with E-state index < -0.39 is 12.0 Å². The minimum Gasteiger partial charge on any atom is -0.480 e. The Hall–Kier alpha value is -1.32. The van der Waals surface area contributed by atoms with Crippen LogP contribution in [-0.2, 0) is 9.59 Å². The van der Waals surface area contributed by atoms with Crippen LogP contribution in [0.25, 0.3) is 0 Å². The van der Waals surface area contributed by atoms with Gasteiger partial charge in [0, 0.05) is 6.42 Å². The van der Waals surface area contributed by atoms with Gasteiger partial charge in [-0.3, -0.25) is 9.59 Å². The third-order valence-corrected chi connectivity index (χ3v) is 4.41. The van der Waals surface area contributed by atoms with E-state index in [1.54, 1.807) is 0 Å². The molecule has 4 heteroatoms. The molecule has 0 aliphatic carbocycles. The van der Waals surface area contributed by atoms with Crippen molar-refractivity contribution < 1.29 is 14.7 Å². The van der Waals surface area contributed by atoms with Gasteiger partial charge in [0.2, 0.25) is 5.91 Å². The van der Waals surface area contributed by atoms with Gasteiger partial charge in [0.15, 0.2) is 0 Å². The number of carbonyl (C=O) groups is 2. The second-order valence-electron chi connectivity index (χ2n) is 6.96. The van der Waals surface area contributed by atoms with E-state index in [1.807, 2.05) is 0 Å². The van der Waals surface area contributed by atoms with Crippen LogP contribution in [0.2, 0.25) is 0 Å². The fourth-order valence-electron chi connectivity index (χ4n) is 2.73. The van der Waals surface area contributed by atoms with Gasteiger partial charge in [-0.1, -0.05) is 70.4 Å². The van der Waals surface area contributed by atoms with Crippen molar-refractivity contribution >= 4 is 11.9 Å². The summed E-state index contributed by atoms with van der Waals surface area (Å²) in [5.74, 6) is -1.15. The number of hydrogen-bond acceptors (Lipinski definition) is 2. The highest BCUT2D eigenvalue weighted by atomic mass is 16.4. The van der Waals surface area contributed by atoms with Gasteiger partial charge in [-0.25, -0.2) is 0 Å². The van der Waals surface area contributed by atoms with Crippen LogP contribution in [-0.4, -0.2) is 23.0 Å². The van der Waals surface area contributed by atoms with Crippen molar-refractivity contribution in [1.82, 2.24) is 5.32 Å². The topological polar surface area (TPSA) is 66.4 Å². The van der Waals surface area contributed by atoms with Crippen molar-refractivity contribution in [2.75, 3.05) is 0 Å². The molecule has 0 fully saturated rings. The summed E-state index contributed by atoms with van der Waals surface area (Å²) in [5.41, 5.74) is 0. The van der Waals surface area contributed by atoms with Crippen LogP contribution in [0.5, 0.6) is 0 Å². The van der Waals surface area contributed by atoms with E-state index in [4.69, 9.17) is 5.11 Å². The smallest absolute Gasteiger partial charge is 0.325 e. The SMILES string of the molecule is CCCCCCCC/C=C\CCCCCCCC(=O)N[C@H](C)C(=O)O. The first-order valence-corrected chi connectivity index (χ1v) is 10.2. The predicted molar refractivity (Wildman–Crippen MR) is 105 cm³/mol. The average molecular weight is 354 g/mol. The highest BCUT2D eigenvalue weighted by molar-refractivity contribution is 5.83. The van der Waals surface area contributed by atoms with Crippen molar-refractivity contribution in [1.29, 1.82) is 0 Å². The predicted octanol–water partition coefficient (Wildman–Crippen LogP) is 5.61. The number of amides is 1. The van der Waals surface area contributed by atoms with E-state index in [0.717, 1.165) is 25.7 Å². The molecule has 0 aromatic rings. The molecule has 0 bridgehead atoms. The number of carboxylic acids is 1. The molecule has 0 saturated carbocycles. The Labute approximate surface area is 154 Å². The van der Waals surface area contributed by atoms with E-state index in [2.05, 4.69) is 24.4 Å². The summed E-state index contributed by atoms with van der Waals surface area (Å²) in [5, 5.41) is 11.2. The van der Waals surface area contributed by atoms with E-state index in [0.29, 0.717) is 6.42 Å². The van der Waals surface area contributed by atoms with Gasteiger partial charge in [-0.05, 0) is 39.0 Å². The molecule has 0 spiro atoms. The van der Waals surface area contributed by atoms with Crippen LogP contribution in [0.3, 0.4) is 0 Å². The summed E-state index contributed by atoms with van der Waals surface area (Å²) in [6.45, 7) is 3.74. The number of unbranched alkanes of at least 4 members (excludes halogenated alkanes) is 11. The van der Waals surface area contributed by atoms with Crippen LogP contribution < -0.4 is 5.32 Å². The standard InChI is InChI=1S/C21H39NO3/c1-3-4-5-6-7-8-9-10-11-12-13-14-15-16-17-18-20(23)22-19(2)21(24)25/h10-11,19H,3-9,12-18H2,1-2H3,(H,22,23)(H,24,25)/b11-10-/t19-/m1/s1. The lowest BCUT2D eigenvalue weighted by Crippen LogP contribution is -2.38. The zero-order valence-electron chi connectivity index (χ0n) is 16.4. The number of carboxylic acid groups (broad SMARTS) is 1. The van der Waals surface area contributed by atoms with E-state index in [-0.39, 0.29) is 5.91 Å². The molecule has 0 aliphatic rings. The molecule has 0 saturated heterocycles. The monoisotopic (exact) mass is 353 g/mol. The van der Waals surface area contributed by atoms with Gasteiger partial charge in [-0.2, -0.15) is 0 Å². The quantitative estimate of drug-likeness (QED) is 0.264. The second-order valence-corrected chi connectivity index (χ2v) is 6.96. The summed E-state index contributed by atoms with van der Waals surface area (Å²) in [4.78, 5) is 22.1. The lowest BCUT2D eigenvalue weighted by molar-refractivity contribution is -0.141.